The van der Waals surface area contributed by atoms with Gasteiger partial charge in [0.05, 0.1) is 6.10 Å². The molecule has 0 spiro atoms. The van der Waals surface area contributed by atoms with Crippen LogP contribution in [0, 0.1) is 11.3 Å². The van der Waals surface area contributed by atoms with Crippen LogP contribution in [0.15, 0.2) is 0 Å². The molecule has 0 aromatic rings. The molecule has 4 fully saturated rings. The Morgan fingerprint density at radius 3 is 2.38 bits per heavy atom. The fourth-order valence-electron chi connectivity index (χ4n) is 4.14. The van der Waals surface area contributed by atoms with Gasteiger partial charge in [-0.25, -0.2) is 0 Å². The van der Waals surface area contributed by atoms with Gasteiger partial charge in [-0.2, -0.15) is 0 Å². The highest BCUT2D eigenvalue weighted by Crippen LogP contribution is 2.43. The van der Waals surface area contributed by atoms with E-state index < -0.39 is 0 Å². The highest BCUT2D eigenvalue weighted by Gasteiger charge is 2.52. The highest BCUT2D eigenvalue weighted by atomic mass is 16.3. The molecule has 0 aliphatic carbocycles. The molecule has 0 aromatic heterocycles. The Hall–Kier alpha value is -0.120. The van der Waals surface area contributed by atoms with Crippen molar-refractivity contribution in [3.63, 3.8) is 0 Å². The Balaban J connectivity index is 1.85. The third-order valence-corrected chi connectivity index (χ3v) is 4.90. The van der Waals surface area contributed by atoms with E-state index in [0.717, 1.165) is 26.2 Å². The van der Waals surface area contributed by atoms with Gasteiger partial charge in [-0.1, -0.05) is 19.8 Å². The van der Waals surface area contributed by atoms with E-state index in [0.29, 0.717) is 5.92 Å². The zero-order chi connectivity index (χ0) is 11.2. The van der Waals surface area contributed by atoms with Crippen molar-refractivity contribution in [1.82, 2.24) is 9.80 Å². The van der Waals surface area contributed by atoms with Crippen LogP contribution in [-0.4, -0.2) is 60.3 Å². The van der Waals surface area contributed by atoms with Gasteiger partial charge >= 0.3 is 0 Å². The molecule has 3 heteroatoms. The van der Waals surface area contributed by atoms with E-state index >= 15 is 0 Å². The summed E-state index contributed by atoms with van der Waals surface area (Å²) in [6, 6.07) is 0. The second-order valence-electron chi connectivity index (χ2n) is 6.14. The molecule has 0 saturated carbocycles. The van der Waals surface area contributed by atoms with Crippen molar-refractivity contribution in [2.75, 3.05) is 39.3 Å². The number of hydrogen-bond acceptors (Lipinski definition) is 3. The van der Waals surface area contributed by atoms with Crippen LogP contribution >= 0.6 is 0 Å². The van der Waals surface area contributed by atoms with Gasteiger partial charge in [0.25, 0.3) is 0 Å². The predicted octanol–water partition coefficient (Wildman–Crippen LogP) is 0.785. The molecule has 92 valence electrons. The second kappa shape index (κ2) is 3.97. The van der Waals surface area contributed by atoms with E-state index in [9.17, 15) is 5.11 Å². The molecule has 1 N–H and O–H groups in total. The van der Waals surface area contributed by atoms with Crippen LogP contribution in [0.1, 0.15) is 26.2 Å². The molecule has 2 unspecified atom stereocenters. The number of nitrogens with zero attached hydrogens (tertiary/aromatic N) is 2. The molecule has 4 aliphatic rings. The smallest absolute Gasteiger partial charge is 0.0673 e. The Kier molecular flexibility index (Phi) is 2.73. The van der Waals surface area contributed by atoms with Crippen molar-refractivity contribution in [3.8, 4) is 0 Å². The predicted molar refractivity (Wildman–Crippen MR) is 64.3 cm³/mol. The standard InChI is InChI=1S/C13H24N2O/c1-2-3-4-13-9-14-5-6-15(10-13)8-11(7-14)12(13)16/h11-12,16H,2-10H2,1H3/t11?,12-,13?/m0/s1. The van der Waals surface area contributed by atoms with Crippen molar-refractivity contribution in [2.24, 2.45) is 11.3 Å². The third-order valence-electron chi connectivity index (χ3n) is 4.90. The van der Waals surface area contributed by atoms with Crippen LogP contribution in [0.4, 0.5) is 0 Å². The summed E-state index contributed by atoms with van der Waals surface area (Å²) < 4.78 is 0. The number of fused-ring (bicyclic) bond motifs is 1. The van der Waals surface area contributed by atoms with Gasteiger partial charge in [0.15, 0.2) is 0 Å². The van der Waals surface area contributed by atoms with Gasteiger partial charge in [-0.3, -0.25) is 0 Å². The first-order valence-corrected chi connectivity index (χ1v) is 6.86. The number of aliphatic hydroxyl groups is 1. The van der Waals surface area contributed by atoms with E-state index in [-0.39, 0.29) is 11.5 Å². The minimum atomic E-state index is -0.0374. The van der Waals surface area contributed by atoms with Crippen molar-refractivity contribution in [3.05, 3.63) is 0 Å². The number of hydrogen-bond donors (Lipinski definition) is 1. The van der Waals surface area contributed by atoms with Crippen LogP contribution in [-0.2, 0) is 0 Å². The Morgan fingerprint density at radius 2 is 1.81 bits per heavy atom. The van der Waals surface area contributed by atoms with Crippen molar-refractivity contribution >= 4 is 0 Å². The molecule has 4 rings (SSSR count). The maximum Gasteiger partial charge on any atom is 0.0673 e. The third kappa shape index (κ3) is 1.60. The van der Waals surface area contributed by atoms with E-state index in [4.69, 9.17) is 0 Å². The molecule has 0 amide bonds. The molecule has 4 heterocycles. The average Bonchev–Trinajstić information content (AvgIpc) is 2.51. The lowest BCUT2D eigenvalue weighted by atomic mass is 9.67. The highest BCUT2D eigenvalue weighted by molar-refractivity contribution is 5.05. The van der Waals surface area contributed by atoms with Crippen LogP contribution < -0.4 is 0 Å². The zero-order valence-electron chi connectivity index (χ0n) is 10.4. The summed E-state index contributed by atoms with van der Waals surface area (Å²) in [7, 11) is 0. The van der Waals surface area contributed by atoms with E-state index in [1.54, 1.807) is 0 Å². The quantitative estimate of drug-likeness (QED) is 0.767. The molecule has 4 saturated heterocycles. The molecule has 4 bridgehead atoms. The normalized spacial score (nSPS) is 50.6. The van der Waals surface area contributed by atoms with E-state index in [1.807, 2.05) is 0 Å². The van der Waals surface area contributed by atoms with E-state index in [2.05, 4.69) is 16.7 Å². The summed E-state index contributed by atoms with van der Waals surface area (Å²) >= 11 is 0. The molecule has 4 aliphatic heterocycles. The van der Waals surface area contributed by atoms with Gasteiger partial charge in [-0.05, 0) is 6.42 Å². The molecular formula is C13H24N2O. The lowest BCUT2D eigenvalue weighted by molar-refractivity contribution is -0.120. The molecular weight excluding hydrogens is 200 g/mol. The topological polar surface area (TPSA) is 26.7 Å². The van der Waals surface area contributed by atoms with Gasteiger partial charge in [-0.15, -0.1) is 0 Å². The summed E-state index contributed by atoms with van der Waals surface area (Å²) in [5, 5.41) is 10.6. The average molecular weight is 224 g/mol. The maximum absolute atomic E-state index is 10.6. The first-order chi connectivity index (χ1) is 7.73. The first-order valence-electron chi connectivity index (χ1n) is 6.86. The Labute approximate surface area is 98.4 Å². The van der Waals surface area contributed by atoms with Crippen LogP contribution in [0.5, 0.6) is 0 Å². The molecule has 3 atom stereocenters. The number of rotatable bonds is 3. The van der Waals surface area contributed by atoms with Gasteiger partial charge in [0.1, 0.15) is 0 Å². The van der Waals surface area contributed by atoms with Crippen molar-refractivity contribution in [1.29, 1.82) is 0 Å². The largest absolute Gasteiger partial charge is 0.392 e. The van der Waals surface area contributed by atoms with Crippen LogP contribution in [0.25, 0.3) is 0 Å². The lowest BCUT2D eigenvalue weighted by Crippen LogP contribution is -2.63. The summed E-state index contributed by atoms with van der Waals surface area (Å²) in [5.74, 6) is 0.516. The number of aliphatic hydroxyl groups excluding tert-OH is 1. The SMILES string of the molecule is CCCCC12CN3CCN(CC(C3)[C@@H]1O)C2. The monoisotopic (exact) mass is 224 g/mol. The number of unbranched alkanes of at least 4 members (excludes halogenated alkanes) is 1. The van der Waals surface area contributed by atoms with Crippen LogP contribution in [0.3, 0.4) is 0 Å². The summed E-state index contributed by atoms with van der Waals surface area (Å²) in [6.07, 6.45) is 3.70. The summed E-state index contributed by atoms with van der Waals surface area (Å²) in [6.45, 7) is 9.23. The zero-order valence-corrected chi connectivity index (χ0v) is 10.4. The fourth-order valence-corrected chi connectivity index (χ4v) is 4.14. The van der Waals surface area contributed by atoms with E-state index in [1.165, 1.54) is 32.4 Å². The molecule has 3 nitrogen and oxygen atoms in total. The summed E-state index contributed by atoms with van der Waals surface area (Å²) in [4.78, 5) is 5.19. The van der Waals surface area contributed by atoms with Crippen molar-refractivity contribution in [2.45, 2.75) is 32.3 Å². The Bertz CT molecular complexity index is 253. The number of piperidine rings is 2. The first kappa shape index (κ1) is 11.0. The Morgan fingerprint density at radius 1 is 1.19 bits per heavy atom. The molecule has 0 aromatic carbocycles. The lowest BCUT2D eigenvalue weighted by Gasteiger charge is -2.53. The molecule has 0 radical (unpaired) electrons. The van der Waals surface area contributed by atoms with Gasteiger partial charge in [0.2, 0.25) is 0 Å². The maximum atomic E-state index is 10.6. The van der Waals surface area contributed by atoms with Gasteiger partial charge in [0, 0.05) is 50.6 Å². The fraction of sp³-hybridized carbons (Fsp3) is 1.00. The molecule has 16 heavy (non-hydrogen) atoms. The minimum Gasteiger partial charge on any atom is -0.392 e. The minimum absolute atomic E-state index is 0.0374. The second-order valence-corrected chi connectivity index (χ2v) is 6.14. The summed E-state index contributed by atoms with van der Waals surface area (Å²) in [5.41, 5.74) is 0.202. The van der Waals surface area contributed by atoms with Crippen molar-refractivity contribution < 1.29 is 5.11 Å². The van der Waals surface area contributed by atoms with Gasteiger partial charge < -0.3 is 14.9 Å². The van der Waals surface area contributed by atoms with Crippen LogP contribution in [0.2, 0.25) is 0 Å².